The van der Waals surface area contributed by atoms with Gasteiger partial charge in [-0.3, -0.25) is 0 Å². The molecule has 3 heteroatoms. The van der Waals surface area contributed by atoms with Crippen molar-refractivity contribution in [3.8, 4) is 0 Å². The molecule has 1 saturated heterocycles. The Balaban J connectivity index is 2.34. The lowest BCUT2D eigenvalue weighted by molar-refractivity contribution is 0.287. The van der Waals surface area contributed by atoms with Crippen molar-refractivity contribution in [3.05, 3.63) is 23.9 Å². The van der Waals surface area contributed by atoms with Crippen molar-refractivity contribution in [1.29, 1.82) is 0 Å². The molecule has 1 aliphatic heterocycles. The molecule has 2 heterocycles. The van der Waals surface area contributed by atoms with E-state index in [1.165, 1.54) is 0 Å². The molecule has 1 atom stereocenters. The predicted molar refractivity (Wildman–Crippen MR) is 51.2 cm³/mol. The van der Waals surface area contributed by atoms with Gasteiger partial charge in [0.15, 0.2) is 0 Å². The Morgan fingerprint density at radius 1 is 1.31 bits per heavy atom. The summed E-state index contributed by atoms with van der Waals surface area (Å²) < 4.78 is 5.64. The van der Waals surface area contributed by atoms with Crippen LogP contribution in [0.4, 0.5) is 5.82 Å². The van der Waals surface area contributed by atoms with Crippen LogP contribution in [-0.4, -0.2) is 10.6 Å². The van der Waals surface area contributed by atoms with Gasteiger partial charge in [-0.05, 0) is 26.8 Å². The summed E-state index contributed by atoms with van der Waals surface area (Å²) in [5, 5.41) is 0. The number of epoxide rings is 1. The second-order valence-electron chi connectivity index (χ2n) is 4.12. The average molecular weight is 178 g/mol. The van der Waals surface area contributed by atoms with Crippen molar-refractivity contribution < 1.29 is 4.74 Å². The lowest BCUT2D eigenvalue weighted by atomic mass is 9.91. The van der Waals surface area contributed by atoms with Gasteiger partial charge in [-0.1, -0.05) is 6.07 Å². The van der Waals surface area contributed by atoms with E-state index in [-0.39, 0.29) is 11.2 Å². The van der Waals surface area contributed by atoms with Crippen molar-refractivity contribution >= 4 is 5.82 Å². The van der Waals surface area contributed by atoms with E-state index in [2.05, 4.69) is 25.8 Å². The summed E-state index contributed by atoms with van der Waals surface area (Å²) in [7, 11) is 0. The van der Waals surface area contributed by atoms with Crippen LogP contribution in [0.25, 0.3) is 0 Å². The summed E-state index contributed by atoms with van der Waals surface area (Å²) in [4.78, 5) is 4.05. The maximum Gasteiger partial charge on any atom is 0.123 e. The largest absolute Gasteiger partial charge is 0.384 e. The van der Waals surface area contributed by atoms with E-state index in [4.69, 9.17) is 10.5 Å². The third-order valence-electron chi connectivity index (χ3n) is 2.90. The normalized spacial score (nSPS) is 30.1. The van der Waals surface area contributed by atoms with Gasteiger partial charge in [0.1, 0.15) is 11.4 Å². The molecule has 1 unspecified atom stereocenters. The number of rotatable bonds is 1. The first kappa shape index (κ1) is 8.51. The Bertz CT molecular complexity index is 331. The van der Waals surface area contributed by atoms with Crippen LogP contribution in [0.2, 0.25) is 0 Å². The number of anilines is 1. The molecular weight excluding hydrogens is 164 g/mol. The molecule has 0 radical (unpaired) electrons. The Morgan fingerprint density at radius 2 is 1.92 bits per heavy atom. The molecule has 0 bridgehead atoms. The van der Waals surface area contributed by atoms with Gasteiger partial charge in [-0.2, -0.15) is 0 Å². The molecule has 2 N–H and O–H groups in total. The highest BCUT2D eigenvalue weighted by Gasteiger charge is 2.61. The van der Waals surface area contributed by atoms with Crippen LogP contribution in [0.5, 0.6) is 0 Å². The van der Waals surface area contributed by atoms with E-state index in [0.717, 1.165) is 5.56 Å². The van der Waals surface area contributed by atoms with Crippen molar-refractivity contribution in [2.45, 2.75) is 32.0 Å². The van der Waals surface area contributed by atoms with Crippen molar-refractivity contribution in [2.24, 2.45) is 0 Å². The fourth-order valence-corrected chi connectivity index (χ4v) is 1.58. The quantitative estimate of drug-likeness (QED) is 0.666. The number of nitrogens with zero attached hydrogens (tertiary/aromatic N) is 1. The van der Waals surface area contributed by atoms with Crippen LogP contribution >= 0.6 is 0 Å². The Hall–Kier alpha value is -1.09. The fourth-order valence-electron chi connectivity index (χ4n) is 1.58. The van der Waals surface area contributed by atoms with Crippen LogP contribution < -0.4 is 5.73 Å². The second-order valence-corrected chi connectivity index (χ2v) is 4.12. The molecule has 1 aliphatic rings. The summed E-state index contributed by atoms with van der Waals surface area (Å²) in [6.45, 7) is 6.22. The number of pyridine rings is 1. The van der Waals surface area contributed by atoms with E-state index in [1.807, 2.05) is 6.07 Å². The number of nitrogen functional groups attached to an aromatic ring is 1. The minimum atomic E-state index is -0.187. The molecular formula is C10H14N2O. The SMILES string of the molecule is CC1(C)OC1(C)c1ccc(N)nc1. The van der Waals surface area contributed by atoms with E-state index >= 15 is 0 Å². The molecule has 1 fully saturated rings. The van der Waals surface area contributed by atoms with E-state index in [0.29, 0.717) is 5.82 Å². The lowest BCUT2D eigenvalue weighted by Crippen LogP contribution is -2.14. The Kier molecular flexibility index (Phi) is 1.46. The first-order valence-electron chi connectivity index (χ1n) is 4.38. The maximum atomic E-state index is 5.64. The first-order valence-corrected chi connectivity index (χ1v) is 4.38. The molecule has 70 valence electrons. The van der Waals surface area contributed by atoms with Crippen LogP contribution in [0, 0.1) is 0 Å². The van der Waals surface area contributed by atoms with Crippen molar-refractivity contribution in [3.63, 3.8) is 0 Å². The third-order valence-corrected chi connectivity index (χ3v) is 2.90. The lowest BCUT2D eigenvalue weighted by Gasteiger charge is -2.08. The minimum absolute atomic E-state index is 0.0786. The standard InChI is InChI=1S/C10H14N2O/c1-9(2)10(3,13-9)7-4-5-8(11)12-6-7/h4-6H,1-3H3,(H2,11,12). The summed E-state index contributed by atoms with van der Waals surface area (Å²) in [5.41, 5.74) is 6.33. The highest BCUT2D eigenvalue weighted by molar-refractivity contribution is 5.35. The second kappa shape index (κ2) is 2.23. The average Bonchev–Trinajstić information content (AvgIpc) is 2.53. The summed E-state index contributed by atoms with van der Waals surface area (Å²) in [6.07, 6.45) is 1.78. The molecule has 1 aromatic rings. The topological polar surface area (TPSA) is 51.4 Å². The molecule has 3 nitrogen and oxygen atoms in total. The number of hydrogen-bond donors (Lipinski definition) is 1. The predicted octanol–water partition coefficient (Wildman–Crippen LogP) is 1.69. The van der Waals surface area contributed by atoms with Gasteiger partial charge in [0.05, 0.1) is 5.60 Å². The summed E-state index contributed by atoms with van der Waals surface area (Å²) >= 11 is 0. The van der Waals surface area contributed by atoms with E-state index < -0.39 is 0 Å². The van der Waals surface area contributed by atoms with E-state index in [9.17, 15) is 0 Å². The zero-order valence-corrected chi connectivity index (χ0v) is 8.16. The van der Waals surface area contributed by atoms with Crippen molar-refractivity contribution in [1.82, 2.24) is 4.98 Å². The van der Waals surface area contributed by atoms with Gasteiger partial charge >= 0.3 is 0 Å². The van der Waals surface area contributed by atoms with Gasteiger partial charge in [0.25, 0.3) is 0 Å². The zero-order valence-electron chi connectivity index (χ0n) is 8.16. The molecule has 0 spiro atoms. The number of nitrogens with two attached hydrogens (primary N) is 1. The third kappa shape index (κ3) is 1.11. The molecule has 0 saturated carbocycles. The maximum absolute atomic E-state index is 5.64. The fraction of sp³-hybridized carbons (Fsp3) is 0.500. The monoisotopic (exact) mass is 178 g/mol. The van der Waals surface area contributed by atoms with Gasteiger partial charge < -0.3 is 10.5 Å². The van der Waals surface area contributed by atoms with E-state index in [1.54, 1.807) is 12.3 Å². The number of ether oxygens (including phenoxy) is 1. The van der Waals surface area contributed by atoms with Gasteiger partial charge in [0, 0.05) is 11.8 Å². The van der Waals surface area contributed by atoms with Crippen molar-refractivity contribution in [2.75, 3.05) is 5.73 Å². The van der Waals surface area contributed by atoms with Crippen LogP contribution in [-0.2, 0) is 10.3 Å². The molecule has 13 heavy (non-hydrogen) atoms. The van der Waals surface area contributed by atoms with Gasteiger partial charge in [-0.15, -0.1) is 0 Å². The summed E-state index contributed by atoms with van der Waals surface area (Å²) in [5.74, 6) is 0.547. The van der Waals surface area contributed by atoms with Crippen LogP contribution in [0.3, 0.4) is 0 Å². The smallest absolute Gasteiger partial charge is 0.123 e. The molecule has 2 rings (SSSR count). The highest BCUT2D eigenvalue weighted by atomic mass is 16.6. The minimum Gasteiger partial charge on any atom is -0.384 e. The highest BCUT2D eigenvalue weighted by Crippen LogP contribution is 2.54. The number of hydrogen-bond acceptors (Lipinski definition) is 3. The number of aromatic nitrogens is 1. The molecule has 1 aromatic heterocycles. The van der Waals surface area contributed by atoms with Gasteiger partial charge in [-0.25, -0.2) is 4.98 Å². The molecule has 0 amide bonds. The Morgan fingerprint density at radius 3 is 2.31 bits per heavy atom. The first-order chi connectivity index (χ1) is 5.96. The van der Waals surface area contributed by atoms with Crippen LogP contribution in [0.1, 0.15) is 26.3 Å². The molecule has 0 aromatic carbocycles. The van der Waals surface area contributed by atoms with Crippen LogP contribution in [0.15, 0.2) is 18.3 Å². The molecule has 0 aliphatic carbocycles. The summed E-state index contributed by atoms with van der Waals surface area (Å²) in [6, 6.07) is 3.77. The Labute approximate surface area is 77.9 Å². The zero-order chi connectivity index (χ0) is 9.69. The van der Waals surface area contributed by atoms with Gasteiger partial charge in [0.2, 0.25) is 0 Å².